The summed E-state index contributed by atoms with van der Waals surface area (Å²) < 4.78 is 0. The zero-order valence-corrected chi connectivity index (χ0v) is 10.5. The lowest BCUT2D eigenvalue weighted by molar-refractivity contribution is 0.244. The maximum Gasteiger partial charge on any atom is 0.101 e. The summed E-state index contributed by atoms with van der Waals surface area (Å²) in [6.45, 7) is 3.13. The smallest absolute Gasteiger partial charge is 0.101 e. The molecule has 17 heavy (non-hydrogen) atoms. The molecular weight excluding hydrogens is 236 g/mol. The van der Waals surface area contributed by atoms with Gasteiger partial charge in [0.25, 0.3) is 0 Å². The Morgan fingerprint density at radius 1 is 1.59 bits per heavy atom. The highest BCUT2D eigenvalue weighted by Gasteiger charge is 2.31. The van der Waals surface area contributed by atoms with E-state index in [-0.39, 0.29) is 12.6 Å². The molecule has 1 fully saturated rings. The van der Waals surface area contributed by atoms with Crippen molar-refractivity contribution in [1.29, 1.82) is 5.26 Å². The van der Waals surface area contributed by atoms with Crippen LogP contribution < -0.4 is 4.90 Å². The van der Waals surface area contributed by atoms with Crippen LogP contribution in [0.2, 0.25) is 5.02 Å². The third-order valence-electron chi connectivity index (χ3n) is 3.46. The van der Waals surface area contributed by atoms with Crippen LogP contribution in [0.5, 0.6) is 0 Å². The molecule has 0 aromatic heterocycles. The average Bonchev–Trinajstić information content (AvgIpc) is 2.70. The molecular formula is C13H15ClN2O. The predicted octanol–water partition coefficient (Wildman–Crippen LogP) is 2.42. The fourth-order valence-electron chi connectivity index (χ4n) is 2.43. The van der Waals surface area contributed by atoms with E-state index in [9.17, 15) is 5.11 Å². The first-order valence-electron chi connectivity index (χ1n) is 5.74. The van der Waals surface area contributed by atoms with Gasteiger partial charge in [-0.15, -0.1) is 0 Å². The van der Waals surface area contributed by atoms with Gasteiger partial charge in [0.1, 0.15) is 6.07 Å². The minimum absolute atomic E-state index is 0.100. The highest BCUT2D eigenvalue weighted by atomic mass is 35.5. The van der Waals surface area contributed by atoms with E-state index in [0.29, 0.717) is 16.5 Å². The standard InChI is InChI=1S/C13H15ClN2O/c1-9-4-5-16(13(9)8-17)12-3-2-11(14)6-10(12)7-15/h2-3,6,9,13,17H,4-5,8H2,1H3. The van der Waals surface area contributed by atoms with Crippen LogP contribution in [0.3, 0.4) is 0 Å². The fourth-order valence-corrected chi connectivity index (χ4v) is 2.61. The van der Waals surface area contributed by atoms with E-state index in [1.165, 1.54) is 0 Å². The summed E-state index contributed by atoms with van der Waals surface area (Å²) in [6, 6.07) is 7.59. The number of rotatable bonds is 2. The van der Waals surface area contributed by atoms with Crippen molar-refractivity contribution in [3.63, 3.8) is 0 Å². The minimum Gasteiger partial charge on any atom is -0.394 e. The van der Waals surface area contributed by atoms with E-state index in [0.717, 1.165) is 18.7 Å². The molecule has 0 radical (unpaired) electrons. The van der Waals surface area contributed by atoms with Gasteiger partial charge in [0.05, 0.1) is 23.9 Å². The van der Waals surface area contributed by atoms with E-state index in [2.05, 4.69) is 17.9 Å². The van der Waals surface area contributed by atoms with E-state index < -0.39 is 0 Å². The Morgan fingerprint density at radius 3 is 3.00 bits per heavy atom. The molecule has 1 N–H and O–H groups in total. The number of hydrogen-bond donors (Lipinski definition) is 1. The zero-order chi connectivity index (χ0) is 12.4. The molecule has 1 aliphatic heterocycles. The number of halogens is 1. The monoisotopic (exact) mass is 250 g/mol. The normalized spacial score (nSPS) is 23.8. The number of aliphatic hydroxyl groups is 1. The molecule has 0 aliphatic carbocycles. The maximum atomic E-state index is 9.44. The Labute approximate surface area is 106 Å². The summed E-state index contributed by atoms with van der Waals surface area (Å²) in [5, 5.41) is 19.1. The summed E-state index contributed by atoms with van der Waals surface area (Å²) in [7, 11) is 0. The fraction of sp³-hybridized carbons (Fsp3) is 0.462. The van der Waals surface area contributed by atoms with Gasteiger partial charge in [-0.05, 0) is 30.5 Å². The van der Waals surface area contributed by atoms with Crippen LogP contribution in [0.4, 0.5) is 5.69 Å². The number of benzene rings is 1. The van der Waals surface area contributed by atoms with Crippen molar-refractivity contribution in [2.24, 2.45) is 5.92 Å². The van der Waals surface area contributed by atoms with Crippen LogP contribution in [0.25, 0.3) is 0 Å². The highest BCUT2D eigenvalue weighted by molar-refractivity contribution is 6.30. The second-order valence-corrected chi connectivity index (χ2v) is 4.92. The van der Waals surface area contributed by atoms with Crippen LogP contribution in [0, 0.1) is 17.2 Å². The first-order valence-corrected chi connectivity index (χ1v) is 6.12. The molecule has 0 amide bonds. The first kappa shape index (κ1) is 12.2. The van der Waals surface area contributed by atoms with Crippen LogP contribution in [0.1, 0.15) is 18.9 Å². The average molecular weight is 251 g/mol. The van der Waals surface area contributed by atoms with Crippen molar-refractivity contribution in [3.05, 3.63) is 28.8 Å². The number of nitrogens with zero attached hydrogens (tertiary/aromatic N) is 2. The molecule has 0 saturated carbocycles. The Bertz CT molecular complexity index is 455. The number of nitriles is 1. The van der Waals surface area contributed by atoms with Gasteiger partial charge in [-0.25, -0.2) is 0 Å². The van der Waals surface area contributed by atoms with E-state index in [1.807, 2.05) is 6.07 Å². The van der Waals surface area contributed by atoms with E-state index in [1.54, 1.807) is 12.1 Å². The largest absolute Gasteiger partial charge is 0.394 e. The molecule has 1 heterocycles. The molecule has 90 valence electrons. The third-order valence-corrected chi connectivity index (χ3v) is 3.69. The van der Waals surface area contributed by atoms with Gasteiger partial charge in [0, 0.05) is 11.6 Å². The van der Waals surface area contributed by atoms with Crippen molar-refractivity contribution in [2.75, 3.05) is 18.1 Å². The summed E-state index contributed by atoms with van der Waals surface area (Å²) in [5.41, 5.74) is 1.45. The molecule has 2 atom stereocenters. The topological polar surface area (TPSA) is 47.3 Å². The quantitative estimate of drug-likeness (QED) is 0.877. The molecule has 1 aromatic rings. The number of anilines is 1. The van der Waals surface area contributed by atoms with Crippen LogP contribution in [-0.2, 0) is 0 Å². The van der Waals surface area contributed by atoms with Crippen LogP contribution in [-0.4, -0.2) is 24.3 Å². The van der Waals surface area contributed by atoms with Gasteiger partial charge < -0.3 is 10.0 Å². The van der Waals surface area contributed by atoms with Crippen molar-refractivity contribution in [3.8, 4) is 6.07 Å². The molecule has 1 saturated heterocycles. The minimum atomic E-state index is 0.100. The van der Waals surface area contributed by atoms with Gasteiger partial charge in [0.15, 0.2) is 0 Å². The number of aliphatic hydroxyl groups excluding tert-OH is 1. The summed E-state index contributed by atoms with van der Waals surface area (Å²) in [6.07, 6.45) is 1.04. The lowest BCUT2D eigenvalue weighted by Crippen LogP contribution is -2.35. The van der Waals surface area contributed by atoms with Crippen molar-refractivity contribution in [2.45, 2.75) is 19.4 Å². The van der Waals surface area contributed by atoms with Crippen LogP contribution in [0.15, 0.2) is 18.2 Å². The second kappa shape index (κ2) is 4.95. The van der Waals surface area contributed by atoms with Crippen molar-refractivity contribution < 1.29 is 5.11 Å². The summed E-state index contributed by atoms with van der Waals surface area (Å²) >= 11 is 5.88. The molecule has 2 unspecified atom stereocenters. The SMILES string of the molecule is CC1CCN(c2ccc(Cl)cc2C#N)C1CO. The van der Waals surface area contributed by atoms with Gasteiger partial charge >= 0.3 is 0 Å². The highest BCUT2D eigenvalue weighted by Crippen LogP contribution is 2.32. The molecule has 3 nitrogen and oxygen atoms in total. The maximum absolute atomic E-state index is 9.44. The van der Waals surface area contributed by atoms with Gasteiger partial charge in [-0.3, -0.25) is 0 Å². The van der Waals surface area contributed by atoms with Gasteiger partial charge in [-0.2, -0.15) is 5.26 Å². The zero-order valence-electron chi connectivity index (χ0n) is 9.73. The Balaban J connectivity index is 2.38. The van der Waals surface area contributed by atoms with Crippen LogP contribution >= 0.6 is 11.6 Å². The molecule has 1 aliphatic rings. The lowest BCUT2D eigenvalue weighted by Gasteiger charge is -2.28. The molecule has 0 spiro atoms. The molecule has 4 heteroatoms. The van der Waals surface area contributed by atoms with Crippen molar-refractivity contribution in [1.82, 2.24) is 0 Å². The predicted molar refractivity (Wildman–Crippen MR) is 68.2 cm³/mol. The second-order valence-electron chi connectivity index (χ2n) is 4.48. The first-order chi connectivity index (χ1) is 8.17. The summed E-state index contributed by atoms with van der Waals surface area (Å²) in [4.78, 5) is 2.11. The molecule has 0 bridgehead atoms. The summed E-state index contributed by atoms with van der Waals surface area (Å²) in [5.74, 6) is 0.447. The van der Waals surface area contributed by atoms with Gasteiger partial charge in [0.2, 0.25) is 0 Å². The Morgan fingerprint density at radius 2 is 2.35 bits per heavy atom. The van der Waals surface area contributed by atoms with E-state index >= 15 is 0 Å². The Hall–Kier alpha value is -1.24. The molecule has 2 rings (SSSR count). The van der Waals surface area contributed by atoms with E-state index in [4.69, 9.17) is 16.9 Å². The lowest BCUT2D eigenvalue weighted by atomic mass is 10.0. The molecule has 1 aromatic carbocycles. The Kier molecular flexibility index (Phi) is 3.56. The van der Waals surface area contributed by atoms with Gasteiger partial charge in [-0.1, -0.05) is 18.5 Å². The van der Waals surface area contributed by atoms with Crippen molar-refractivity contribution >= 4 is 17.3 Å². The number of hydrogen-bond acceptors (Lipinski definition) is 3. The third kappa shape index (κ3) is 2.24.